The minimum Gasteiger partial charge on any atom is -0.492 e. The number of hydrogen-bond donors (Lipinski definition) is 2. The highest BCUT2D eigenvalue weighted by Crippen LogP contribution is 2.69. The van der Waals surface area contributed by atoms with Crippen LogP contribution in [0.4, 0.5) is 4.39 Å². The Bertz CT molecular complexity index is 1070. The molecule has 0 saturated heterocycles. The Morgan fingerprint density at radius 1 is 1.29 bits per heavy atom. The highest BCUT2D eigenvalue weighted by atomic mass is 19.1. The molecule has 0 spiro atoms. The molecular weight excluding hydrogens is 447 g/mol. The molecule has 1 heterocycles. The molecule has 35 heavy (non-hydrogen) atoms. The van der Waals surface area contributed by atoms with E-state index in [9.17, 15) is 14.7 Å². The summed E-state index contributed by atoms with van der Waals surface area (Å²) in [5.74, 6) is -0.0813. The molecule has 7 heteroatoms. The molecule has 0 radical (unpaired) electrons. The van der Waals surface area contributed by atoms with Gasteiger partial charge in [0.15, 0.2) is 11.5 Å². The molecule has 3 saturated carbocycles. The monoisotopic (exact) mass is 482 g/mol. The van der Waals surface area contributed by atoms with Crippen LogP contribution in [0.5, 0.6) is 5.75 Å². The molecule has 8 atom stereocenters. The minimum absolute atomic E-state index is 0.0147. The Morgan fingerprint density at radius 3 is 2.77 bits per heavy atom. The summed E-state index contributed by atoms with van der Waals surface area (Å²) >= 11 is 0. The van der Waals surface area contributed by atoms with Gasteiger partial charge in [-0.2, -0.15) is 0 Å². The van der Waals surface area contributed by atoms with E-state index < -0.39 is 22.6 Å². The van der Waals surface area contributed by atoms with Gasteiger partial charge in [-0.25, -0.2) is 4.39 Å². The third-order valence-electron chi connectivity index (χ3n) is 9.58. The number of allylic oxidation sites excluding steroid dienone is 4. The summed E-state index contributed by atoms with van der Waals surface area (Å²) in [5, 5.41) is 14.4. The number of nitrogens with one attached hydrogen (secondary N) is 1. The number of aliphatic hydroxyl groups excluding tert-OH is 1. The van der Waals surface area contributed by atoms with Crippen molar-refractivity contribution in [2.24, 2.45) is 34.5 Å². The van der Waals surface area contributed by atoms with Crippen LogP contribution in [0.25, 0.3) is 0 Å². The molecule has 4 aliphatic carbocycles. The lowest BCUT2D eigenvalue weighted by atomic mass is 9.45. The van der Waals surface area contributed by atoms with Crippen LogP contribution >= 0.6 is 0 Å². The van der Waals surface area contributed by atoms with Crippen molar-refractivity contribution in [3.05, 3.63) is 48.3 Å². The summed E-state index contributed by atoms with van der Waals surface area (Å²) in [6.45, 7) is 6.67. The zero-order valence-corrected chi connectivity index (χ0v) is 20.7. The number of aromatic nitrogens is 1. The van der Waals surface area contributed by atoms with Crippen LogP contribution in [-0.4, -0.2) is 46.7 Å². The molecule has 0 aromatic carbocycles. The summed E-state index contributed by atoms with van der Waals surface area (Å²) in [7, 11) is 0. The third-order valence-corrected chi connectivity index (χ3v) is 9.58. The van der Waals surface area contributed by atoms with E-state index in [4.69, 9.17) is 4.74 Å². The molecule has 1 amide bonds. The van der Waals surface area contributed by atoms with Gasteiger partial charge in [0.2, 0.25) is 5.91 Å². The quantitative estimate of drug-likeness (QED) is 0.623. The van der Waals surface area contributed by atoms with E-state index >= 15 is 4.39 Å². The van der Waals surface area contributed by atoms with Crippen molar-refractivity contribution in [1.29, 1.82) is 0 Å². The fraction of sp³-hybridized carbons (Fsp3) is 0.607. The Balaban J connectivity index is 1.34. The second kappa shape index (κ2) is 8.54. The van der Waals surface area contributed by atoms with Gasteiger partial charge in [0, 0.05) is 29.6 Å². The lowest BCUT2D eigenvalue weighted by molar-refractivity contribution is -0.195. The van der Waals surface area contributed by atoms with E-state index in [0.717, 1.165) is 12.0 Å². The van der Waals surface area contributed by atoms with Gasteiger partial charge in [-0.1, -0.05) is 25.5 Å². The number of ketones is 1. The summed E-state index contributed by atoms with van der Waals surface area (Å²) in [6.07, 6.45) is 8.96. The summed E-state index contributed by atoms with van der Waals surface area (Å²) in [4.78, 5) is 29.3. The molecule has 1 aromatic heterocycles. The van der Waals surface area contributed by atoms with Crippen molar-refractivity contribution in [3.8, 4) is 5.75 Å². The number of halogens is 1. The molecule has 4 aliphatic rings. The molecule has 0 bridgehead atoms. The van der Waals surface area contributed by atoms with Gasteiger partial charge < -0.3 is 15.2 Å². The van der Waals surface area contributed by atoms with Gasteiger partial charge in [-0.05, 0) is 74.1 Å². The van der Waals surface area contributed by atoms with Gasteiger partial charge in [0.1, 0.15) is 12.4 Å². The number of carbonyl (C=O) groups excluding carboxylic acids is 2. The second-order valence-electron chi connectivity index (χ2n) is 11.4. The molecule has 5 rings (SSSR count). The topological polar surface area (TPSA) is 88.5 Å². The highest BCUT2D eigenvalue weighted by Gasteiger charge is 2.71. The number of alkyl halides is 1. The Morgan fingerprint density at radius 2 is 2.03 bits per heavy atom. The number of carbonyl (C=O) groups is 2. The molecule has 8 unspecified atom stereocenters. The van der Waals surface area contributed by atoms with Crippen LogP contribution in [-0.2, 0) is 9.59 Å². The Hall–Kier alpha value is -2.54. The maximum Gasteiger partial charge on any atom is 0.224 e. The molecule has 1 aromatic rings. The third kappa shape index (κ3) is 3.57. The molecule has 3 fully saturated rings. The van der Waals surface area contributed by atoms with Crippen molar-refractivity contribution in [1.82, 2.24) is 10.3 Å². The van der Waals surface area contributed by atoms with Crippen molar-refractivity contribution < 1.29 is 23.8 Å². The van der Waals surface area contributed by atoms with Crippen molar-refractivity contribution in [2.75, 3.05) is 13.2 Å². The fourth-order valence-electron chi connectivity index (χ4n) is 8.02. The van der Waals surface area contributed by atoms with Gasteiger partial charge in [0.05, 0.1) is 12.6 Å². The van der Waals surface area contributed by atoms with Gasteiger partial charge in [-0.15, -0.1) is 0 Å². The van der Waals surface area contributed by atoms with E-state index in [0.29, 0.717) is 31.7 Å². The van der Waals surface area contributed by atoms with Crippen molar-refractivity contribution in [2.45, 2.75) is 58.2 Å². The number of rotatable bonds is 5. The first kappa shape index (κ1) is 24.2. The zero-order chi connectivity index (χ0) is 25.0. The number of hydrogen-bond acceptors (Lipinski definition) is 5. The fourth-order valence-corrected chi connectivity index (χ4v) is 8.02. The highest BCUT2D eigenvalue weighted by molar-refractivity contribution is 6.01. The first-order valence-electron chi connectivity index (χ1n) is 12.7. The van der Waals surface area contributed by atoms with Crippen LogP contribution in [0.1, 0.15) is 46.5 Å². The number of amides is 1. The standard InChI is InChI=1S/C28H35FN2O4/c1-17-14-22-21-5-4-18-15-19(32)6-9-27(18,3)28(21,29)23(33)16-26(22,2)24(17)25(34)31-12-13-35-20-7-10-30-11-8-20/h6-11,15,17,21-24,33H,4-5,12-14,16H2,1-3H3,(H,31,34). The first-order chi connectivity index (χ1) is 16.6. The molecule has 2 N–H and O–H groups in total. The predicted octanol–water partition coefficient (Wildman–Crippen LogP) is 3.81. The lowest BCUT2D eigenvalue weighted by Gasteiger charge is -2.61. The smallest absolute Gasteiger partial charge is 0.224 e. The van der Waals surface area contributed by atoms with E-state index in [1.54, 1.807) is 36.7 Å². The summed E-state index contributed by atoms with van der Waals surface area (Å²) in [5.41, 5.74) is -2.58. The Kier molecular flexibility index (Phi) is 5.90. The predicted molar refractivity (Wildman–Crippen MR) is 129 cm³/mol. The summed E-state index contributed by atoms with van der Waals surface area (Å²) in [6, 6.07) is 3.53. The number of ether oxygens (including phenoxy) is 1. The van der Waals surface area contributed by atoms with Crippen LogP contribution in [0.15, 0.2) is 48.3 Å². The van der Waals surface area contributed by atoms with Crippen LogP contribution < -0.4 is 10.1 Å². The average molecular weight is 483 g/mol. The lowest BCUT2D eigenvalue weighted by Crippen LogP contribution is -2.67. The maximum absolute atomic E-state index is 17.2. The largest absolute Gasteiger partial charge is 0.492 e. The number of aliphatic hydroxyl groups is 1. The maximum atomic E-state index is 17.2. The van der Waals surface area contributed by atoms with E-state index in [-0.39, 0.29) is 41.8 Å². The number of pyridine rings is 1. The molecule has 0 aliphatic heterocycles. The Labute approximate surface area is 206 Å². The number of nitrogens with zero attached hydrogens (tertiary/aromatic N) is 1. The van der Waals surface area contributed by atoms with Crippen LogP contribution in [0.3, 0.4) is 0 Å². The number of fused-ring (bicyclic) bond motifs is 5. The van der Waals surface area contributed by atoms with E-state index in [2.05, 4.69) is 24.1 Å². The second-order valence-corrected chi connectivity index (χ2v) is 11.4. The molecular formula is C28H35FN2O4. The van der Waals surface area contributed by atoms with Gasteiger partial charge in [-0.3, -0.25) is 14.6 Å². The normalized spacial score (nSPS) is 41.9. The minimum atomic E-state index is -1.86. The van der Waals surface area contributed by atoms with Gasteiger partial charge in [0.25, 0.3) is 0 Å². The summed E-state index contributed by atoms with van der Waals surface area (Å²) < 4.78 is 22.8. The molecule has 188 valence electrons. The first-order valence-corrected chi connectivity index (χ1v) is 12.7. The zero-order valence-electron chi connectivity index (χ0n) is 20.7. The van der Waals surface area contributed by atoms with E-state index in [1.165, 1.54) is 6.08 Å². The van der Waals surface area contributed by atoms with E-state index in [1.807, 2.05) is 6.92 Å². The van der Waals surface area contributed by atoms with Crippen molar-refractivity contribution >= 4 is 11.7 Å². The van der Waals surface area contributed by atoms with Crippen molar-refractivity contribution in [3.63, 3.8) is 0 Å². The average Bonchev–Trinajstić information content (AvgIpc) is 3.08. The van der Waals surface area contributed by atoms with Crippen LogP contribution in [0, 0.1) is 34.5 Å². The van der Waals surface area contributed by atoms with Crippen LogP contribution in [0.2, 0.25) is 0 Å². The molecule has 6 nitrogen and oxygen atoms in total. The van der Waals surface area contributed by atoms with Gasteiger partial charge >= 0.3 is 0 Å². The SMILES string of the molecule is CC1CC2C3CCC4=CC(=O)C=CC4(C)C3(F)C(O)CC2(C)C1C(=O)NCCOc1ccncc1.